The number of carbonyl (C=O) groups excluding carboxylic acids is 4. The van der Waals surface area contributed by atoms with E-state index in [1.165, 1.54) is 27.7 Å². The van der Waals surface area contributed by atoms with E-state index in [-0.39, 0.29) is 73.4 Å². The normalized spacial score (nSPS) is 20.9. The number of aromatic hydroxyl groups is 1. The number of esters is 2. The van der Waals surface area contributed by atoms with Gasteiger partial charge in [-0.2, -0.15) is 0 Å². The molecule has 0 saturated carbocycles. The van der Waals surface area contributed by atoms with Crippen molar-refractivity contribution in [3.63, 3.8) is 0 Å². The molecule has 2 aliphatic rings. The summed E-state index contributed by atoms with van der Waals surface area (Å²) < 4.78 is 23.0. The van der Waals surface area contributed by atoms with Gasteiger partial charge in [0.2, 0.25) is 5.91 Å². The van der Waals surface area contributed by atoms with E-state index in [0.717, 1.165) is 6.92 Å². The van der Waals surface area contributed by atoms with Gasteiger partial charge in [-0.15, -0.1) is 0 Å². The first-order valence-electron chi connectivity index (χ1n) is 14.6. The molecule has 3 atom stereocenters. The molecule has 3 heterocycles. The number of ether oxygens (including phenoxy) is 3. The Bertz CT molecular complexity index is 2100. The van der Waals surface area contributed by atoms with Gasteiger partial charge in [-0.3, -0.25) is 24.0 Å². The van der Waals surface area contributed by atoms with Gasteiger partial charge in [-0.25, -0.2) is 4.98 Å². The second-order valence-electron chi connectivity index (χ2n) is 11.9. The highest BCUT2D eigenvalue weighted by Crippen LogP contribution is 2.48. The molecule has 1 aromatic heterocycles. The molecule has 0 spiro atoms. The van der Waals surface area contributed by atoms with Crippen molar-refractivity contribution in [1.29, 1.82) is 0 Å². The van der Waals surface area contributed by atoms with E-state index in [2.05, 4.69) is 15.5 Å². The van der Waals surface area contributed by atoms with Crippen molar-refractivity contribution >= 4 is 68.0 Å². The van der Waals surface area contributed by atoms with Gasteiger partial charge in [0.25, 0.3) is 5.78 Å². The number of phenolic OH excluding ortho intramolecular Hbond substituents is 1. The number of nitrogens with one attached hydrogen (secondary N) is 2. The van der Waals surface area contributed by atoms with Gasteiger partial charge in [0, 0.05) is 81.6 Å². The van der Waals surface area contributed by atoms with Crippen molar-refractivity contribution in [3.8, 4) is 17.2 Å². The summed E-state index contributed by atoms with van der Waals surface area (Å²) in [5, 5.41) is 17.0. The zero-order valence-electron chi connectivity index (χ0n) is 26.2. The van der Waals surface area contributed by atoms with Crippen LogP contribution in [-0.2, 0) is 19.1 Å². The molecule has 240 valence electrons. The van der Waals surface area contributed by atoms with Crippen LogP contribution in [0.3, 0.4) is 0 Å². The Balaban J connectivity index is 1.75. The molecule has 6 rings (SSSR count). The lowest BCUT2D eigenvalue weighted by molar-refractivity contribution is -0.172. The molecule has 3 aromatic carbocycles. The summed E-state index contributed by atoms with van der Waals surface area (Å²) in [6.07, 6.45) is 0. The fourth-order valence-corrected chi connectivity index (χ4v) is 6.34. The van der Waals surface area contributed by atoms with Crippen LogP contribution in [0.15, 0.2) is 21.3 Å². The number of ketones is 1. The lowest BCUT2D eigenvalue weighted by atomic mass is 9.93. The summed E-state index contributed by atoms with van der Waals surface area (Å²) in [7, 11) is 0. The zero-order chi connectivity index (χ0) is 33.4. The predicted octanol–water partition coefficient (Wildman–Crippen LogP) is 3.43. The number of Topliss-reactive ketones (excluding diaryl/α,β-unsaturated/α-hetero) is 1. The third kappa shape index (κ3) is 4.85. The average molecular weight is 633 g/mol. The Morgan fingerprint density at radius 2 is 1.74 bits per heavy atom. The Morgan fingerprint density at radius 3 is 2.35 bits per heavy atom. The zero-order valence-corrected chi connectivity index (χ0v) is 26.2. The Morgan fingerprint density at radius 1 is 1.07 bits per heavy atom. The summed E-state index contributed by atoms with van der Waals surface area (Å²) in [5.74, 6) is -5.70. The molecule has 0 bridgehead atoms. The van der Waals surface area contributed by atoms with Crippen LogP contribution < -0.4 is 30.4 Å². The smallest absolute Gasteiger partial charge is 0.315 e. The largest absolute Gasteiger partial charge is 0.505 e. The van der Waals surface area contributed by atoms with Crippen molar-refractivity contribution in [2.75, 3.05) is 23.3 Å². The van der Waals surface area contributed by atoms with Gasteiger partial charge in [-0.05, 0) is 20.8 Å². The maximum absolute atomic E-state index is 13.9. The molecular weight excluding hydrogens is 600 g/mol. The predicted molar refractivity (Wildman–Crippen MR) is 167 cm³/mol. The quantitative estimate of drug-likeness (QED) is 0.0977. The molecule has 1 saturated heterocycles. The third-order valence-electron chi connectivity index (χ3n) is 8.00. The number of hydrogen-bond donors (Lipinski definition) is 3. The summed E-state index contributed by atoms with van der Waals surface area (Å²) in [4.78, 5) is 71.0. The minimum absolute atomic E-state index is 0.0439. The van der Waals surface area contributed by atoms with E-state index in [1.807, 2.05) is 13.8 Å². The lowest BCUT2D eigenvalue weighted by Crippen LogP contribution is -2.54. The van der Waals surface area contributed by atoms with E-state index in [1.54, 1.807) is 12.1 Å². The number of rotatable bonds is 4. The highest BCUT2D eigenvalue weighted by molar-refractivity contribution is 6.26. The van der Waals surface area contributed by atoms with Crippen molar-refractivity contribution in [2.45, 2.75) is 66.3 Å². The number of anilines is 2. The monoisotopic (exact) mass is 632 g/mol. The Kier molecular flexibility index (Phi) is 7.15. The van der Waals surface area contributed by atoms with E-state index in [4.69, 9.17) is 23.6 Å². The highest BCUT2D eigenvalue weighted by Gasteiger charge is 2.50. The van der Waals surface area contributed by atoms with Crippen LogP contribution in [0.25, 0.3) is 33.0 Å². The number of hydrogen-bond acceptors (Lipinski definition) is 13. The van der Waals surface area contributed by atoms with Crippen molar-refractivity contribution in [2.24, 2.45) is 0 Å². The highest BCUT2D eigenvalue weighted by atomic mass is 16.7. The molecule has 14 heteroatoms. The van der Waals surface area contributed by atoms with Gasteiger partial charge in [0.15, 0.2) is 28.1 Å². The molecule has 1 amide bonds. The molecule has 2 aliphatic heterocycles. The molecule has 1 fully saturated rings. The molecule has 14 nitrogen and oxygen atoms in total. The maximum Gasteiger partial charge on any atom is 0.315 e. The Hall–Kier alpha value is -5.24. The van der Waals surface area contributed by atoms with Gasteiger partial charge >= 0.3 is 17.7 Å². The van der Waals surface area contributed by atoms with E-state index in [0.29, 0.717) is 18.8 Å². The van der Waals surface area contributed by atoms with Crippen LogP contribution in [0.5, 0.6) is 17.2 Å². The van der Waals surface area contributed by atoms with Crippen LogP contribution in [-0.4, -0.2) is 64.7 Å². The maximum atomic E-state index is 13.9. The fourth-order valence-electron chi connectivity index (χ4n) is 6.34. The number of nitrogens with zero attached hydrogens (tertiary/aromatic N) is 2. The van der Waals surface area contributed by atoms with Crippen molar-refractivity contribution in [1.82, 2.24) is 10.3 Å². The molecular formula is C32H32N4O10. The standard InChI is InChI=1S/C32H32N4O10/c1-12-10-36(11-13(2)33-12)18-8-19(43-16(5)38)24-20(9-18)44-30-25(35-24)21-22(28(41)26(30)34-15(4)37)27(40)14(3)29-23(21)31(42)32(7,46-29)45-17(6)39/h8-9,12-13,33,41H,10-11H2,1-7H3,(H,34,37). The lowest BCUT2D eigenvalue weighted by Gasteiger charge is -2.37. The first kappa shape index (κ1) is 30.8. The van der Waals surface area contributed by atoms with Crippen molar-refractivity contribution in [3.05, 3.63) is 33.5 Å². The third-order valence-corrected chi connectivity index (χ3v) is 8.00. The van der Waals surface area contributed by atoms with Crippen LogP contribution in [0.1, 0.15) is 57.5 Å². The molecule has 46 heavy (non-hydrogen) atoms. The number of fused-ring (bicyclic) bond motifs is 6. The topological polar surface area (TPSA) is 187 Å². The summed E-state index contributed by atoms with van der Waals surface area (Å²) in [5.41, 5.74) is -0.619. The number of phenols is 1. The second kappa shape index (κ2) is 10.7. The fraction of sp³-hybridized carbons (Fsp3) is 0.375. The average Bonchev–Trinajstić information content (AvgIpc) is 3.20. The van der Waals surface area contributed by atoms with Gasteiger partial charge in [0.05, 0.1) is 10.9 Å². The van der Waals surface area contributed by atoms with Crippen LogP contribution >= 0.6 is 0 Å². The number of piperazine rings is 1. The minimum Gasteiger partial charge on any atom is -0.505 e. The summed E-state index contributed by atoms with van der Waals surface area (Å²) in [6.45, 7) is 11.6. The minimum atomic E-state index is -2.11. The second-order valence-corrected chi connectivity index (χ2v) is 11.9. The molecule has 3 N–H and O–H groups in total. The molecule has 4 aromatic rings. The number of carbonyl (C=O) groups is 4. The Labute approximate surface area is 261 Å². The van der Waals surface area contributed by atoms with E-state index < -0.39 is 40.6 Å². The van der Waals surface area contributed by atoms with Gasteiger partial charge in [0.1, 0.15) is 22.5 Å². The van der Waals surface area contributed by atoms with Crippen LogP contribution in [0, 0.1) is 6.92 Å². The van der Waals surface area contributed by atoms with E-state index in [9.17, 15) is 29.1 Å². The van der Waals surface area contributed by atoms with Crippen LogP contribution in [0.2, 0.25) is 0 Å². The van der Waals surface area contributed by atoms with E-state index >= 15 is 0 Å². The summed E-state index contributed by atoms with van der Waals surface area (Å²) in [6, 6.07) is 3.66. The van der Waals surface area contributed by atoms with Gasteiger partial charge < -0.3 is 39.3 Å². The van der Waals surface area contributed by atoms with Gasteiger partial charge in [-0.1, -0.05) is 0 Å². The van der Waals surface area contributed by atoms with Crippen LogP contribution in [0.4, 0.5) is 11.4 Å². The molecule has 0 radical (unpaired) electrons. The first-order chi connectivity index (χ1) is 21.6. The molecule has 3 unspecified atom stereocenters. The number of aromatic nitrogens is 1. The number of benzene rings is 3. The molecule has 0 aliphatic carbocycles. The van der Waals surface area contributed by atoms with Crippen molar-refractivity contribution < 1.29 is 42.9 Å². The first-order valence-corrected chi connectivity index (χ1v) is 14.6. The summed E-state index contributed by atoms with van der Waals surface area (Å²) >= 11 is 0. The SMILES string of the molecule is CC(=O)Nc1c(O)c2c(=O)c(C)c3c(c2c2nc4c(OC(C)=O)cc(N5CC(C)NC(C)C5)cc4oc12)C(=O)C(C)(OC(C)=O)O3. The number of amides is 1.